The summed E-state index contributed by atoms with van der Waals surface area (Å²) in [5.41, 5.74) is 5.65. The lowest BCUT2D eigenvalue weighted by molar-refractivity contribution is -0.119. The maximum Gasteiger partial charge on any atom is 0.250 e. The van der Waals surface area contributed by atoms with Crippen LogP contribution in [0, 0.1) is 13.8 Å². The topological polar surface area (TPSA) is 102 Å². The van der Waals surface area contributed by atoms with E-state index in [0.29, 0.717) is 10.8 Å². The van der Waals surface area contributed by atoms with E-state index in [4.69, 9.17) is 17.0 Å². The third-order valence-electron chi connectivity index (χ3n) is 6.19. The summed E-state index contributed by atoms with van der Waals surface area (Å²) >= 11 is 5.85. The molecule has 184 valence electrons. The number of amides is 1. The van der Waals surface area contributed by atoms with E-state index in [1.54, 1.807) is 18.9 Å². The molecule has 0 radical (unpaired) electrons. The number of carbonyl (C=O) groups is 1. The first-order valence-electron chi connectivity index (χ1n) is 11.4. The number of aryl methyl sites for hydroxylation is 1. The Labute approximate surface area is 213 Å². The molecule has 1 fully saturated rings. The van der Waals surface area contributed by atoms with Crippen molar-refractivity contribution in [1.82, 2.24) is 29.9 Å². The number of benzene rings is 1. The molecule has 2 atom stereocenters. The second-order valence-electron chi connectivity index (χ2n) is 8.50. The van der Waals surface area contributed by atoms with Crippen molar-refractivity contribution in [3.05, 3.63) is 90.0 Å². The number of thiocarbonyl (C=S) groups is 1. The largest absolute Gasteiger partial charge is 0.375 e. The molecule has 1 aliphatic heterocycles. The smallest absolute Gasteiger partial charge is 0.250 e. The highest BCUT2D eigenvalue weighted by molar-refractivity contribution is 7.80. The molecule has 5 rings (SSSR count). The molecular weight excluding hydrogens is 476 g/mol. The lowest BCUT2D eigenvalue weighted by Crippen LogP contribution is -2.29. The zero-order chi connectivity index (χ0) is 25.2. The van der Waals surface area contributed by atoms with Crippen molar-refractivity contribution >= 4 is 34.6 Å². The van der Waals surface area contributed by atoms with Crippen molar-refractivity contribution in [3.8, 4) is 0 Å². The lowest BCUT2D eigenvalue weighted by Gasteiger charge is -2.28. The number of anilines is 2. The quantitative estimate of drug-likeness (QED) is 0.372. The van der Waals surface area contributed by atoms with Gasteiger partial charge >= 0.3 is 0 Å². The first-order valence-corrected chi connectivity index (χ1v) is 11.8. The van der Waals surface area contributed by atoms with Crippen molar-refractivity contribution in [2.75, 3.05) is 23.9 Å². The number of hydrogen-bond acceptors (Lipinski definition) is 6. The first kappa shape index (κ1) is 23.6. The number of nitrogens with zero attached hydrogens (tertiary/aromatic N) is 6. The van der Waals surface area contributed by atoms with E-state index in [1.165, 1.54) is 7.11 Å². The van der Waals surface area contributed by atoms with Gasteiger partial charge in [-0.15, -0.1) is 10.2 Å². The molecule has 0 bridgehead atoms. The van der Waals surface area contributed by atoms with Crippen LogP contribution in [-0.2, 0) is 9.53 Å². The highest BCUT2D eigenvalue weighted by Gasteiger charge is 2.42. The van der Waals surface area contributed by atoms with Crippen LogP contribution in [-0.4, -0.2) is 49.3 Å². The van der Waals surface area contributed by atoms with E-state index < -0.39 is 0 Å². The standard InChI is InChI=1S/C25H26N8O2S/c1-16-12-20(17(2)33(16)31-14-27-28-15-31)24-23(21-6-4-5-11-26-21)30-25(36)32(24)19-9-7-18(8-10-19)29-22(34)13-35-3/h4-12,14-15,23-24H,13H2,1-3H3,(H,29,34)(H,30,36)/t23-,24+/m1/s1. The van der Waals surface area contributed by atoms with Crippen LogP contribution >= 0.6 is 12.2 Å². The Morgan fingerprint density at radius 3 is 2.56 bits per heavy atom. The summed E-state index contributed by atoms with van der Waals surface area (Å²) in [6, 6.07) is 15.3. The van der Waals surface area contributed by atoms with Crippen molar-refractivity contribution < 1.29 is 9.53 Å². The number of aromatic nitrogens is 5. The van der Waals surface area contributed by atoms with Gasteiger partial charge in [-0.05, 0) is 68.5 Å². The molecule has 1 aliphatic rings. The summed E-state index contributed by atoms with van der Waals surface area (Å²) in [7, 11) is 1.49. The fourth-order valence-corrected chi connectivity index (χ4v) is 5.06. The maximum absolute atomic E-state index is 11.9. The van der Waals surface area contributed by atoms with Crippen molar-refractivity contribution in [1.29, 1.82) is 0 Å². The monoisotopic (exact) mass is 502 g/mol. The minimum Gasteiger partial charge on any atom is -0.375 e. The van der Waals surface area contributed by atoms with Gasteiger partial charge < -0.3 is 20.3 Å². The fraction of sp³-hybridized carbons (Fsp3) is 0.240. The minimum atomic E-state index is -0.210. The van der Waals surface area contributed by atoms with Gasteiger partial charge in [0.05, 0.1) is 17.8 Å². The summed E-state index contributed by atoms with van der Waals surface area (Å²) in [4.78, 5) is 18.7. The van der Waals surface area contributed by atoms with Gasteiger partial charge in [-0.2, -0.15) is 0 Å². The zero-order valence-electron chi connectivity index (χ0n) is 20.1. The second-order valence-corrected chi connectivity index (χ2v) is 8.89. The highest BCUT2D eigenvalue weighted by Crippen LogP contribution is 2.43. The van der Waals surface area contributed by atoms with Crippen LogP contribution in [0.25, 0.3) is 0 Å². The normalized spacial score (nSPS) is 17.3. The number of nitrogens with one attached hydrogen (secondary N) is 2. The minimum absolute atomic E-state index is 0.00222. The van der Waals surface area contributed by atoms with Crippen LogP contribution in [0.2, 0.25) is 0 Å². The van der Waals surface area contributed by atoms with Crippen molar-refractivity contribution in [2.24, 2.45) is 0 Å². The Hall–Kier alpha value is -4.09. The molecule has 0 saturated carbocycles. The molecule has 0 aliphatic carbocycles. The van der Waals surface area contributed by atoms with E-state index in [-0.39, 0.29) is 24.6 Å². The van der Waals surface area contributed by atoms with Crippen LogP contribution in [0.1, 0.15) is 34.7 Å². The Balaban J connectivity index is 1.57. The van der Waals surface area contributed by atoms with Gasteiger partial charge in [0.15, 0.2) is 5.11 Å². The van der Waals surface area contributed by atoms with E-state index in [0.717, 1.165) is 28.3 Å². The van der Waals surface area contributed by atoms with E-state index in [1.807, 2.05) is 47.1 Å². The van der Waals surface area contributed by atoms with Gasteiger partial charge in [-0.25, -0.2) is 4.68 Å². The number of methoxy groups -OCH3 is 1. The van der Waals surface area contributed by atoms with E-state index in [2.05, 4.69) is 55.3 Å². The molecule has 4 aromatic rings. The number of hydrogen-bond donors (Lipinski definition) is 2. The fourth-order valence-electron chi connectivity index (χ4n) is 4.71. The van der Waals surface area contributed by atoms with Gasteiger partial charge in [0, 0.05) is 41.6 Å². The molecule has 1 amide bonds. The first-order chi connectivity index (χ1) is 17.5. The third kappa shape index (κ3) is 4.34. The zero-order valence-corrected chi connectivity index (χ0v) is 20.9. The average Bonchev–Trinajstić information content (AvgIpc) is 3.58. The van der Waals surface area contributed by atoms with Crippen molar-refractivity contribution in [2.45, 2.75) is 25.9 Å². The summed E-state index contributed by atoms with van der Waals surface area (Å²) in [6.07, 6.45) is 5.13. The predicted molar refractivity (Wildman–Crippen MR) is 140 cm³/mol. The van der Waals surface area contributed by atoms with E-state index >= 15 is 0 Å². The van der Waals surface area contributed by atoms with Crippen LogP contribution in [0.4, 0.5) is 11.4 Å². The third-order valence-corrected chi connectivity index (χ3v) is 6.51. The Bertz CT molecular complexity index is 1370. The SMILES string of the molecule is COCC(=O)Nc1ccc(N2C(=S)N[C@H](c3ccccn3)[C@@H]2c2cc(C)n(-n3cnnc3)c2C)cc1. The predicted octanol–water partition coefficient (Wildman–Crippen LogP) is 3.16. The average molecular weight is 503 g/mol. The molecule has 0 spiro atoms. The summed E-state index contributed by atoms with van der Waals surface area (Å²) in [5.74, 6) is -0.210. The molecule has 1 aromatic carbocycles. The van der Waals surface area contributed by atoms with Crippen LogP contribution in [0.15, 0.2) is 67.4 Å². The second kappa shape index (κ2) is 9.88. The molecule has 4 heterocycles. The Morgan fingerprint density at radius 2 is 1.89 bits per heavy atom. The number of carbonyl (C=O) groups excluding carboxylic acids is 1. The van der Waals surface area contributed by atoms with Crippen LogP contribution < -0.4 is 15.5 Å². The Morgan fingerprint density at radius 1 is 1.14 bits per heavy atom. The van der Waals surface area contributed by atoms with Gasteiger partial charge in [0.25, 0.3) is 0 Å². The molecule has 0 unspecified atom stereocenters. The molecule has 36 heavy (non-hydrogen) atoms. The summed E-state index contributed by atoms with van der Waals surface area (Å²) in [5, 5.41) is 14.8. The highest BCUT2D eigenvalue weighted by atomic mass is 32.1. The van der Waals surface area contributed by atoms with Gasteiger partial charge in [0.2, 0.25) is 5.91 Å². The molecule has 2 N–H and O–H groups in total. The van der Waals surface area contributed by atoms with E-state index in [9.17, 15) is 4.79 Å². The molecular formula is C25H26N8O2S. The van der Waals surface area contributed by atoms with Gasteiger partial charge in [-0.1, -0.05) is 6.07 Å². The Kier molecular flexibility index (Phi) is 6.49. The molecule has 10 nitrogen and oxygen atoms in total. The summed E-state index contributed by atoms with van der Waals surface area (Å²) in [6.45, 7) is 4.12. The van der Waals surface area contributed by atoms with Crippen molar-refractivity contribution in [3.63, 3.8) is 0 Å². The molecule has 3 aromatic heterocycles. The van der Waals surface area contributed by atoms with Gasteiger partial charge in [0.1, 0.15) is 19.3 Å². The number of pyridine rings is 1. The number of ether oxygens (including phenoxy) is 1. The molecule has 11 heteroatoms. The lowest BCUT2D eigenvalue weighted by atomic mass is 9.96. The van der Waals surface area contributed by atoms with Crippen LogP contribution in [0.5, 0.6) is 0 Å². The van der Waals surface area contributed by atoms with Gasteiger partial charge in [-0.3, -0.25) is 14.5 Å². The number of rotatable bonds is 7. The maximum atomic E-state index is 11.9. The summed E-state index contributed by atoms with van der Waals surface area (Å²) < 4.78 is 8.82. The molecule has 1 saturated heterocycles. The van der Waals surface area contributed by atoms with Crippen LogP contribution in [0.3, 0.4) is 0 Å².